The minimum atomic E-state index is -3.41. The van der Waals surface area contributed by atoms with Gasteiger partial charge in [-0.15, -0.1) is 11.6 Å². The van der Waals surface area contributed by atoms with Crippen LogP contribution in [0, 0.1) is 11.6 Å². The number of nitrogens with zero attached hydrogens (tertiary/aromatic N) is 1. The van der Waals surface area contributed by atoms with Gasteiger partial charge in [0.2, 0.25) is 10.0 Å². The van der Waals surface area contributed by atoms with Crippen molar-refractivity contribution in [1.29, 1.82) is 0 Å². The summed E-state index contributed by atoms with van der Waals surface area (Å²) in [7, 11) is -2.02. The molecule has 102 valence electrons. The van der Waals surface area contributed by atoms with Gasteiger partial charge in [-0.05, 0) is 24.1 Å². The molecule has 0 unspecified atom stereocenters. The minimum Gasteiger partial charge on any atom is -0.212 e. The molecule has 0 heterocycles. The van der Waals surface area contributed by atoms with Crippen LogP contribution in [-0.4, -0.2) is 31.4 Å². The molecule has 0 amide bonds. The number of rotatable bonds is 6. The maximum atomic E-state index is 13.0. The van der Waals surface area contributed by atoms with E-state index >= 15 is 0 Å². The second kappa shape index (κ2) is 6.45. The van der Waals surface area contributed by atoms with E-state index in [1.807, 2.05) is 0 Å². The highest BCUT2D eigenvalue weighted by atomic mass is 35.5. The number of benzene rings is 1. The SMILES string of the molecule is CN(Cc1ccc(F)c(F)c1)S(=O)(=O)CCCCl. The van der Waals surface area contributed by atoms with Gasteiger partial charge in [-0.3, -0.25) is 0 Å². The van der Waals surface area contributed by atoms with E-state index in [0.29, 0.717) is 12.0 Å². The normalized spacial score (nSPS) is 12.1. The van der Waals surface area contributed by atoms with Gasteiger partial charge in [0.15, 0.2) is 11.6 Å². The molecule has 1 rings (SSSR count). The summed E-state index contributed by atoms with van der Waals surface area (Å²) in [6, 6.07) is 3.32. The molecule has 0 spiro atoms. The molecule has 0 fully saturated rings. The lowest BCUT2D eigenvalue weighted by Gasteiger charge is -2.17. The molecule has 0 bridgehead atoms. The van der Waals surface area contributed by atoms with Crippen molar-refractivity contribution in [2.75, 3.05) is 18.7 Å². The molecule has 18 heavy (non-hydrogen) atoms. The lowest BCUT2D eigenvalue weighted by Crippen LogP contribution is -2.29. The van der Waals surface area contributed by atoms with E-state index in [2.05, 4.69) is 0 Å². The van der Waals surface area contributed by atoms with Crippen LogP contribution in [0.4, 0.5) is 8.78 Å². The third-order valence-electron chi connectivity index (χ3n) is 2.40. The van der Waals surface area contributed by atoms with E-state index in [9.17, 15) is 17.2 Å². The van der Waals surface area contributed by atoms with E-state index in [4.69, 9.17) is 11.6 Å². The Morgan fingerprint density at radius 2 is 1.94 bits per heavy atom. The smallest absolute Gasteiger partial charge is 0.212 e. The van der Waals surface area contributed by atoms with Crippen LogP contribution in [0.2, 0.25) is 0 Å². The van der Waals surface area contributed by atoms with Crippen molar-refractivity contribution < 1.29 is 17.2 Å². The molecule has 0 N–H and O–H groups in total. The number of halogens is 3. The molecule has 0 saturated heterocycles. The highest BCUT2D eigenvalue weighted by molar-refractivity contribution is 7.89. The predicted molar refractivity (Wildman–Crippen MR) is 66.9 cm³/mol. The first-order chi connectivity index (χ1) is 8.36. The Bertz CT molecular complexity index is 508. The standard InChI is InChI=1S/C11H14ClF2NO2S/c1-15(18(16,17)6-2-5-12)8-9-3-4-10(13)11(14)7-9/h3-4,7H,2,5-6,8H2,1H3. The van der Waals surface area contributed by atoms with Gasteiger partial charge in [-0.25, -0.2) is 21.5 Å². The maximum absolute atomic E-state index is 13.0. The van der Waals surface area contributed by atoms with E-state index < -0.39 is 21.7 Å². The molecule has 0 aromatic heterocycles. The molecule has 0 aliphatic carbocycles. The van der Waals surface area contributed by atoms with Crippen LogP contribution in [0.25, 0.3) is 0 Å². The Kier molecular flexibility index (Phi) is 5.49. The lowest BCUT2D eigenvalue weighted by atomic mass is 10.2. The van der Waals surface area contributed by atoms with Crippen molar-refractivity contribution >= 4 is 21.6 Å². The van der Waals surface area contributed by atoms with Gasteiger partial charge < -0.3 is 0 Å². The van der Waals surface area contributed by atoms with Crippen LogP contribution in [0.1, 0.15) is 12.0 Å². The molecule has 7 heteroatoms. The monoisotopic (exact) mass is 297 g/mol. The fourth-order valence-corrected chi connectivity index (χ4v) is 2.84. The van der Waals surface area contributed by atoms with E-state index in [0.717, 1.165) is 16.4 Å². The first-order valence-corrected chi connectivity index (χ1v) is 7.45. The van der Waals surface area contributed by atoms with Crippen LogP contribution < -0.4 is 0 Å². The minimum absolute atomic E-state index is 0.00180. The average Bonchev–Trinajstić information content (AvgIpc) is 2.31. The molecular weight excluding hydrogens is 284 g/mol. The van der Waals surface area contributed by atoms with Gasteiger partial charge in [-0.1, -0.05) is 6.07 Å². The summed E-state index contributed by atoms with van der Waals surface area (Å²) in [5.74, 6) is -1.74. The fraction of sp³-hybridized carbons (Fsp3) is 0.455. The number of hydrogen-bond donors (Lipinski definition) is 0. The summed E-state index contributed by atoms with van der Waals surface area (Å²) < 4.78 is 50.3. The highest BCUT2D eigenvalue weighted by Crippen LogP contribution is 2.12. The van der Waals surface area contributed by atoms with Gasteiger partial charge in [0.1, 0.15) is 0 Å². The van der Waals surface area contributed by atoms with Crippen molar-refractivity contribution in [3.05, 3.63) is 35.4 Å². The maximum Gasteiger partial charge on any atom is 0.214 e. The first-order valence-electron chi connectivity index (χ1n) is 5.30. The van der Waals surface area contributed by atoms with Crippen molar-refractivity contribution in [3.8, 4) is 0 Å². The number of hydrogen-bond acceptors (Lipinski definition) is 2. The molecule has 0 aliphatic rings. The second-order valence-corrected chi connectivity index (χ2v) is 6.44. The van der Waals surface area contributed by atoms with Crippen molar-refractivity contribution in [2.24, 2.45) is 0 Å². The molecule has 3 nitrogen and oxygen atoms in total. The van der Waals surface area contributed by atoms with Crippen LogP contribution in [-0.2, 0) is 16.6 Å². The zero-order valence-corrected chi connectivity index (χ0v) is 11.4. The summed E-state index contributed by atoms with van der Waals surface area (Å²) in [4.78, 5) is 0. The van der Waals surface area contributed by atoms with Crippen molar-refractivity contribution in [2.45, 2.75) is 13.0 Å². The quantitative estimate of drug-likeness (QED) is 0.756. The Labute approximate surface area is 110 Å². The molecule has 1 aromatic carbocycles. The second-order valence-electron chi connectivity index (χ2n) is 3.86. The van der Waals surface area contributed by atoms with E-state index in [-0.39, 0.29) is 18.2 Å². The largest absolute Gasteiger partial charge is 0.214 e. The Morgan fingerprint density at radius 1 is 1.28 bits per heavy atom. The Morgan fingerprint density at radius 3 is 2.50 bits per heavy atom. The topological polar surface area (TPSA) is 37.4 Å². The predicted octanol–water partition coefficient (Wildman–Crippen LogP) is 2.36. The van der Waals surface area contributed by atoms with Gasteiger partial charge in [-0.2, -0.15) is 0 Å². The van der Waals surface area contributed by atoms with Gasteiger partial charge in [0.25, 0.3) is 0 Å². The fourth-order valence-electron chi connectivity index (χ4n) is 1.39. The van der Waals surface area contributed by atoms with E-state index in [1.165, 1.54) is 13.1 Å². The highest BCUT2D eigenvalue weighted by Gasteiger charge is 2.17. The van der Waals surface area contributed by atoms with Crippen LogP contribution in [0.5, 0.6) is 0 Å². The van der Waals surface area contributed by atoms with Gasteiger partial charge in [0, 0.05) is 19.5 Å². The summed E-state index contributed by atoms with van der Waals surface area (Å²) in [5.41, 5.74) is 0.394. The molecule has 0 atom stereocenters. The summed E-state index contributed by atoms with van der Waals surface area (Å²) in [5, 5.41) is 0. The molecule has 0 aliphatic heterocycles. The van der Waals surface area contributed by atoms with Crippen LogP contribution in [0.15, 0.2) is 18.2 Å². The Hall–Kier alpha value is -0.720. The third kappa shape index (κ3) is 4.19. The van der Waals surface area contributed by atoms with Crippen molar-refractivity contribution in [3.63, 3.8) is 0 Å². The molecule has 0 radical (unpaired) electrons. The lowest BCUT2D eigenvalue weighted by molar-refractivity contribution is 0.461. The van der Waals surface area contributed by atoms with Crippen LogP contribution in [0.3, 0.4) is 0 Å². The number of sulfonamides is 1. The third-order valence-corrected chi connectivity index (χ3v) is 4.55. The number of alkyl halides is 1. The molecule has 0 saturated carbocycles. The Balaban J connectivity index is 2.74. The van der Waals surface area contributed by atoms with E-state index in [1.54, 1.807) is 0 Å². The van der Waals surface area contributed by atoms with Gasteiger partial charge in [0.05, 0.1) is 5.75 Å². The summed E-state index contributed by atoms with van der Waals surface area (Å²) in [6.45, 7) is 0.00180. The van der Waals surface area contributed by atoms with Crippen molar-refractivity contribution in [1.82, 2.24) is 4.31 Å². The first kappa shape index (κ1) is 15.3. The summed E-state index contributed by atoms with van der Waals surface area (Å²) >= 11 is 5.44. The molecular formula is C11H14ClF2NO2S. The summed E-state index contributed by atoms with van der Waals surface area (Å²) in [6.07, 6.45) is 0.353. The van der Waals surface area contributed by atoms with Gasteiger partial charge >= 0.3 is 0 Å². The average molecular weight is 298 g/mol. The zero-order valence-electron chi connectivity index (χ0n) is 9.87. The zero-order chi connectivity index (χ0) is 13.8. The van der Waals surface area contributed by atoms with Crippen LogP contribution >= 0.6 is 11.6 Å². The molecule has 1 aromatic rings.